The van der Waals surface area contributed by atoms with E-state index in [9.17, 15) is 0 Å². The molecule has 0 saturated heterocycles. The predicted molar refractivity (Wildman–Crippen MR) is 91.7 cm³/mol. The van der Waals surface area contributed by atoms with Gasteiger partial charge in [-0.15, -0.1) is 0 Å². The average Bonchev–Trinajstić information content (AvgIpc) is 2.41. The summed E-state index contributed by atoms with van der Waals surface area (Å²) in [5, 5.41) is 3.75. The molecule has 1 aromatic carbocycles. The van der Waals surface area contributed by atoms with Gasteiger partial charge in [-0.2, -0.15) is 11.8 Å². The molecule has 112 valence electrons. The fourth-order valence-corrected chi connectivity index (χ4v) is 4.07. The zero-order valence-electron chi connectivity index (χ0n) is 13.2. The second-order valence-electron chi connectivity index (χ2n) is 6.42. The van der Waals surface area contributed by atoms with Gasteiger partial charge in [0, 0.05) is 11.8 Å². The summed E-state index contributed by atoms with van der Waals surface area (Å²) in [5.74, 6) is 4.14. The highest BCUT2D eigenvalue weighted by molar-refractivity contribution is 7.99. The normalized spacial score (nSPS) is 18.7. The van der Waals surface area contributed by atoms with Gasteiger partial charge in [0.05, 0.1) is 0 Å². The van der Waals surface area contributed by atoms with Gasteiger partial charge in [0.2, 0.25) is 0 Å². The Kier molecular flexibility index (Phi) is 6.44. The third kappa shape index (κ3) is 4.53. The molecule has 0 heterocycles. The van der Waals surface area contributed by atoms with Crippen LogP contribution in [0.4, 0.5) is 0 Å². The minimum absolute atomic E-state index is 0.678. The number of thioether (sulfide) groups is 1. The summed E-state index contributed by atoms with van der Waals surface area (Å²) < 4.78 is 0. The summed E-state index contributed by atoms with van der Waals surface area (Å²) in [6.07, 6.45) is 3.82. The molecule has 1 aromatic rings. The van der Waals surface area contributed by atoms with Crippen LogP contribution in [0.3, 0.4) is 0 Å². The van der Waals surface area contributed by atoms with E-state index in [0.29, 0.717) is 6.04 Å². The van der Waals surface area contributed by atoms with Gasteiger partial charge in [-0.05, 0) is 54.5 Å². The molecule has 1 aliphatic carbocycles. The van der Waals surface area contributed by atoms with Crippen LogP contribution in [0.1, 0.15) is 50.7 Å². The van der Waals surface area contributed by atoms with E-state index in [-0.39, 0.29) is 0 Å². The van der Waals surface area contributed by atoms with E-state index in [1.165, 1.54) is 30.8 Å². The molecule has 2 heteroatoms. The fourth-order valence-electron chi connectivity index (χ4n) is 2.92. The van der Waals surface area contributed by atoms with Crippen molar-refractivity contribution in [3.63, 3.8) is 0 Å². The first-order valence-electron chi connectivity index (χ1n) is 8.09. The van der Waals surface area contributed by atoms with Crippen LogP contribution in [0.2, 0.25) is 0 Å². The van der Waals surface area contributed by atoms with E-state index in [0.717, 1.165) is 18.4 Å². The van der Waals surface area contributed by atoms with Gasteiger partial charge in [-0.3, -0.25) is 0 Å². The average molecular weight is 292 g/mol. The molecule has 0 saturated carbocycles. The molecular formula is C18H29NS. The summed E-state index contributed by atoms with van der Waals surface area (Å²) in [5.41, 5.74) is 3.17. The maximum absolute atomic E-state index is 3.75. The molecule has 0 aromatic heterocycles. The molecular weight excluding hydrogens is 262 g/mol. The Balaban J connectivity index is 1.82. The van der Waals surface area contributed by atoms with Gasteiger partial charge in [-0.25, -0.2) is 0 Å². The lowest BCUT2D eigenvalue weighted by Crippen LogP contribution is -2.36. The van der Waals surface area contributed by atoms with Crippen molar-refractivity contribution in [2.75, 3.05) is 18.1 Å². The molecule has 0 amide bonds. The molecule has 0 radical (unpaired) electrons. The third-order valence-electron chi connectivity index (χ3n) is 3.98. The fraction of sp³-hybridized carbons (Fsp3) is 0.667. The maximum atomic E-state index is 3.75. The number of hydrogen-bond acceptors (Lipinski definition) is 2. The highest BCUT2D eigenvalue weighted by atomic mass is 32.2. The van der Waals surface area contributed by atoms with Crippen LogP contribution >= 0.6 is 11.8 Å². The number of nitrogens with one attached hydrogen (secondary N) is 1. The van der Waals surface area contributed by atoms with Crippen molar-refractivity contribution >= 4 is 11.8 Å². The lowest BCUT2D eigenvalue weighted by atomic mass is 9.74. The van der Waals surface area contributed by atoms with Gasteiger partial charge in [0.1, 0.15) is 0 Å². The predicted octanol–water partition coefficient (Wildman–Crippen LogP) is 4.47. The first kappa shape index (κ1) is 15.9. The van der Waals surface area contributed by atoms with Crippen molar-refractivity contribution in [1.82, 2.24) is 5.32 Å². The zero-order chi connectivity index (χ0) is 14.4. The molecule has 0 aliphatic heterocycles. The second kappa shape index (κ2) is 8.09. The van der Waals surface area contributed by atoms with Crippen molar-refractivity contribution < 1.29 is 0 Å². The smallest absolute Gasteiger partial charge is 0.0164 e. The van der Waals surface area contributed by atoms with Crippen LogP contribution in [0.15, 0.2) is 24.3 Å². The van der Waals surface area contributed by atoms with Gasteiger partial charge in [-0.1, -0.05) is 45.0 Å². The molecule has 20 heavy (non-hydrogen) atoms. The van der Waals surface area contributed by atoms with Crippen molar-refractivity contribution in [2.24, 2.45) is 5.92 Å². The van der Waals surface area contributed by atoms with Crippen LogP contribution in [-0.4, -0.2) is 24.1 Å². The Morgan fingerprint density at radius 1 is 1.25 bits per heavy atom. The first-order valence-corrected chi connectivity index (χ1v) is 9.25. The Morgan fingerprint density at radius 2 is 2.05 bits per heavy atom. The van der Waals surface area contributed by atoms with E-state index in [1.54, 1.807) is 11.1 Å². The minimum atomic E-state index is 0.678. The van der Waals surface area contributed by atoms with E-state index < -0.39 is 0 Å². The standard InChI is InChI=1S/C18H29NS/c1-4-9-19-17(13-20-12-14(2)3)11-16-10-15-7-5-6-8-18(15)16/h5-8,14,16-17,19H,4,9-13H2,1-3H3. The summed E-state index contributed by atoms with van der Waals surface area (Å²) in [7, 11) is 0. The Morgan fingerprint density at radius 3 is 2.75 bits per heavy atom. The molecule has 2 unspecified atom stereocenters. The van der Waals surface area contributed by atoms with Gasteiger partial charge < -0.3 is 5.32 Å². The summed E-state index contributed by atoms with van der Waals surface area (Å²) >= 11 is 2.12. The molecule has 1 nitrogen and oxygen atoms in total. The van der Waals surface area contributed by atoms with E-state index >= 15 is 0 Å². The van der Waals surface area contributed by atoms with E-state index in [4.69, 9.17) is 0 Å². The molecule has 2 rings (SSSR count). The van der Waals surface area contributed by atoms with Crippen LogP contribution < -0.4 is 5.32 Å². The quantitative estimate of drug-likeness (QED) is 0.720. The number of benzene rings is 1. The third-order valence-corrected chi connectivity index (χ3v) is 5.52. The first-order chi connectivity index (χ1) is 9.70. The molecule has 1 N–H and O–H groups in total. The zero-order valence-corrected chi connectivity index (χ0v) is 14.0. The summed E-state index contributed by atoms with van der Waals surface area (Å²) in [4.78, 5) is 0. The number of fused-ring (bicyclic) bond motifs is 1. The van der Waals surface area contributed by atoms with Crippen molar-refractivity contribution in [3.8, 4) is 0 Å². The van der Waals surface area contributed by atoms with E-state index in [2.05, 4.69) is 62.1 Å². The Hall–Kier alpha value is -0.470. The topological polar surface area (TPSA) is 12.0 Å². The van der Waals surface area contributed by atoms with E-state index in [1.807, 2.05) is 0 Å². The molecule has 2 atom stereocenters. The summed E-state index contributed by atoms with van der Waals surface area (Å²) in [6.45, 7) is 8.03. The van der Waals surface area contributed by atoms with Crippen molar-refractivity contribution in [1.29, 1.82) is 0 Å². The molecule has 0 spiro atoms. The monoisotopic (exact) mass is 291 g/mol. The van der Waals surface area contributed by atoms with Gasteiger partial charge in [0.15, 0.2) is 0 Å². The Labute approximate surface area is 128 Å². The summed E-state index contributed by atoms with van der Waals surface area (Å²) in [6, 6.07) is 9.64. The largest absolute Gasteiger partial charge is 0.313 e. The highest BCUT2D eigenvalue weighted by Gasteiger charge is 2.27. The maximum Gasteiger partial charge on any atom is 0.0164 e. The lowest BCUT2D eigenvalue weighted by Gasteiger charge is -2.33. The van der Waals surface area contributed by atoms with Crippen molar-refractivity contribution in [2.45, 2.75) is 52.0 Å². The van der Waals surface area contributed by atoms with Crippen LogP contribution in [0.5, 0.6) is 0 Å². The van der Waals surface area contributed by atoms with Crippen LogP contribution in [-0.2, 0) is 6.42 Å². The van der Waals surface area contributed by atoms with Crippen molar-refractivity contribution in [3.05, 3.63) is 35.4 Å². The molecule has 0 bridgehead atoms. The van der Waals surface area contributed by atoms with Gasteiger partial charge in [0.25, 0.3) is 0 Å². The van der Waals surface area contributed by atoms with Crippen LogP contribution in [0.25, 0.3) is 0 Å². The molecule has 0 fully saturated rings. The minimum Gasteiger partial charge on any atom is -0.313 e. The van der Waals surface area contributed by atoms with Gasteiger partial charge >= 0.3 is 0 Å². The number of hydrogen-bond donors (Lipinski definition) is 1. The Bertz CT molecular complexity index is 402. The second-order valence-corrected chi connectivity index (χ2v) is 7.49. The number of rotatable bonds is 9. The SMILES string of the molecule is CCCNC(CSCC(C)C)CC1Cc2ccccc21. The highest BCUT2D eigenvalue weighted by Crippen LogP contribution is 2.38. The molecule has 1 aliphatic rings. The lowest BCUT2D eigenvalue weighted by molar-refractivity contribution is 0.444. The van der Waals surface area contributed by atoms with Crippen LogP contribution in [0, 0.1) is 5.92 Å².